The van der Waals surface area contributed by atoms with Crippen molar-refractivity contribution in [2.45, 2.75) is 25.8 Å². The zero-order valence-electron chi connectivity index (χ0n) is 19.8. The molecule has 190 valence electrons. The van der Waals surface area contributed by atoms with Gasteiger partial charge in [-0.15, -0.1) is 0 Å². The fourth-order valence-electron chi connectivity index (χ4n) is 4.68. The molecule has 3 heterocycles. The minimum atomic E-state index is -2.34. The van der Waals surface area contributed by atoms with Crippen molar-refractivity contribution in [3.8, 4) is 16.9 Å². The molecule has 0 radical (unpaired) electrons. The zero-order chi connectivity index (χ0) is 25.2. The average Bonchev–Trinajstić information content (AvgIpc) is 3.16. The van der Waals surface area contributed by atoms with E-state index in [1.807, 2.05) is 36.4 Å². The van der Waals surface area contributed by atoms with Gasteiger partial charge >= 0.3 is 12.1 Å². The van der Waals surface area contributed by atoms with E-state index in [-0.39, 0.29) is 12.0 Å². The maximum atomic E-state index is 13.2. The van der Waals surface area contributed by atoms with Crippen molar-refractivity contribution < 1.29 is 27.8 Å². The molecule has 0 bridgehead atoms. The Morgan fingerprint density at radius 2 is 1.86 bits per heavy atom. The molecular formula is C25H27F2N5O4. The summed E-state index contributed by atoms with van der Waals surface area (Å²) in [6.45, 7) is 1.84. The highest BCUT2D eigenvalue weighted by atomic mass is 19.3. The third-order valence-electron chi connectivity index (χ3n) is 6.70. The van der Waals surface area contributed by atoms with Crippen LogP contribution in [-0.2, 0) is 11.3 Å². The standard InChI is InChI=1S/C25H27F2N5O4/c1-35-24(33)30-23-28-19-4-2-17(13-20(19)29-23)16-3-5-21-18(12-16)14-32(10-11-36-21)25(34)31-8-6-15(7-9-31)22(26)27/h2-5,12-13,15,22H,6-11,14H2,1H3,(H2,28,29,30,33). The number of imidazole rings is 1. The number of piperidine rings is 1. The van der Waals surface area contributed by atoms with Gasteiger partial charge in [0.05, 0.1) is 31.2 Å². The number of alkyl halides is 2. The summed E-state index contributed by atoms with van der Waals surface area (Å²) in [7, 11) is 1.28. The van der Waals surface area contributed by atoms with E-state index in [2.05, 4.69) is 20.0 Å². The monoisotopic (exact) mass is 499 g/mol. The summed E-state index contributed by atoms with van der Waals surface area (Å²) in [5, 5.41) is 2.52. The molecular weight excluding hydrogens is 472 g/mol. The van der Waals surface area contributed by atoms with Gasteiger partial charge in [0.2, 0.25) is 12.4 Å². The van der Waals surface area contributed by atoms with E-state index in [0.29, 0.717) is 51.1 Å². The Morgan fingerprint density at radius 3 is 2.61 bits per heavy atom. The Labute approximate surface area is 206 Å². The van der Waals surface area contributed by atoms with Crippen molar-refractivity contribution in [1.29, 1.82) is 0 Å². The molecule has 2 aromatic carbocycles. The fourth-order valence-corrected chi connectivity index (χ4v) is 4.68. The van der Waals surface area contributed by atoms with Crippen molar-refractivity contribution in [2.75, 3.05) is 38.7 Å². The molecule has 1 saturated heterocycles. The number of nitrogens with one attached hydrogen (secondary N) is 2. The summed E-state index contributed by atoms with van der Waals surface area (Å²) < 4.78 is 36.5. The molecule has 0 unspecified atom stereocenters. The van der Waals surface area contributed by atoms with Crippen LogP contribution < -0.4 is 10.1 Å². The Balaban J connectivity index is 1.33. The van der Waals surface area contributed by atoms with Crippen LogP contribution in [0.4, 0.5) is 24.3 Å². The number of nitrogens with zero attached hydrogens (tertiary/aromatic N) is 3. The number of benzene rings is 2. The lowest BCUT2D eigenvalue weighted by molar-refractivity contribution is 0.0374. The molecule has 0 aliphatic carbocycles. The number of carbonyl (C=O) groups is 2. The minimum absolute atomic E-state index is 0.144. The Hall–Kier alpha value is -3.89. The van der Waals surface area contributed by atoms with E-state index in [9.17, 15) is 18.4 Å². The zero-order valence-corrected chi connectivity index (χ0v) is 19.8. The highest BCUT2D eigenvalue weighted by molar-refractivity contribution is 5.88. The summed E-state index contributed by atoms with van der Waals surface area (Å²) in [4.78, 5) is 35.4. The number of fused-ring (bicyclic) bond motifs is 2. The van der Waals surface area contributed by atoms with Gasteiger partial charge in [-0.3, -0.25) is 5.32 Å². The molecule has 0 saturated carbocycles. The van der Waals surface area contributed by atoms with Crippen molar-refractivity contribution >= 4 is 29.1 Å². The van der Waals surface area contributed by atoms with Crippen molar-refractivity contribution in [3.63, 3.8) is 0 Å². The van der Waals surface area contributed by atoms with Crippen LogP contribution in [0.5, 0.6) is 5.75 Å². The lowest BCUT2D eigenvalue weighted by Crippen LogP contribution is -2.47. The molecule has 11 heteroatoms. The molecule has 0 spiro atoms. The number of carbonyl (C=O) groups excluding carboxylic acids is 2. The summed E-state index contributed by atoms with van der Waals surface area (Å²) >= 11 is 0. The van der Waals surface area contributed by atoms with Gasteiger partial charge in [-0.1, -0.05) is 12.1 Å². The Bertz CT molecular complexity index is 1270. The summed E-state index contributed by atoms with van der Waals surface area (Å²) in [5.41, 5.74) is 4.17. The van der Waals surface area contributed by atoms with E-state index < -0.39 is 18.4 Å². The largest absolute Gasteiger partial charge is 0.491 e. The minimum Gasteiger partial charge on any atom is -0.491 e. The number of rotatable bonds is 3. The fraction of sp³-hybridized carbons (Fsp3) is 0.400. The van der Waals surface area contributed by atoms with Crippen LogP contribution in [0.25, 0.3) is 22.2 Å². The molecule has 0 atom stereocenters. The van der Waals surface area contributed by atoms with Gasteiger partial charge in [-0.2, -0.15) is 0 Å². The van der Waals surface area contributed by atoms with Crippen LogP contribution in [0.15, 0.2) is 36.4 Å². The van der Waals surface area contributed by atoms with Gasteiger partial charge in [-0.25, -0.2) is 23.4 Å². The molecule has 5 rings (SSSR count). The predicted molar refractivity (Wildman–Crippen MR) is 129 cm³/mol. The smallest absolute Gasteiger partial charge is 0.413 e. The third kappa shape index (κ3) is 4.91. The highest BCUT2D eigenvalue weighted by Gasteiger charge is 2.31. The molecule has 2 aliphatic rings. The first-order chi connectivity index (χ1) is 17.4. The maximum Gasteiger partial charge on any atom is 0.413 e. The SMILES string of the molecule is COC(=O)Nc1nc2ccc(-c3ccc4c(c3)CN(C(=O)N3CCC(C(F)F)CC3)CCO4)cc2[nH]1. The molecule has 2 aliphatic heterocycles. The van der Waals surface area contributed by atoms with Crippen LogP contribution in [0.2, 0.25) is 0 Å². The second-order valence-electron chi connectivity index (χ2n) is 8.97. The molecule has 3 aromatic rings. The van der Waals surface area contributed by atoms with Crippen molar-refractivity contribution in [2.24, 2.45) is 5.92 Å². The van der Waals surface area contributed by atoms with Gasteiger partial charge in [0, 0.05) is 24.6 Å². The summed E-state index contributed by atoms with van der Waals surface area (Å²) in [6.07, 6.45) is -2.31. The number of aromatic amines is 1. The first-order valence-corrected chi connectivity index (χ1v) is 11.8. The Kier molecular flexibility index (Phi) is 6.62. The second kappa shape index (κ2) is 10.00. The topological polar surface area (TPSA) is 99.8 Å². The number of ether oxygens (including phenoxy) is 2. The summed E-state index contributed by atoms with van der Waals surface area (Å²) in [6, 6.07) is 11.4. The number of anilines is 1. The van der Waals surface area contributed by atoms with Crippen LogP contribution in [0.3, 0.4) is 0 Å². The number of H-pyrrole nitrogens is 1. The number of halogens is 2. The van der Waals surface area contributed by atoms with Gasteiger partial charge in [-0.05, 0) is 48.2 Å². The number of hydrogen-bond donors (Lipinski definition) is 2. The number of urea groups is 1. The summed E-state index contributed by atoms with van der Waals surface area (Å²) in [5.74, 6) is 0.373. The number of amides is 3. The van der Waals surface area contributed by atoms with Crippen LogP contribution in [0, 0.1) is 5.92 Å². The average molecular weight is 500 g/mol. The van der Waals surface area contributed by atoms with Gasteiger partial charge < -0.3 is 24.3 Å². The molecule has 2 N–H and O–H groups in total. The van der Waals surface area contributed by atoms with E-state index in [4.69, 9.17) is 4.74 Å². The normalized spacial score (nSPS) is 16.4. The predicted octanol–water partition coefficient (Wildman–Crippen LogP) is 4.70. The lowest BCUT2D eigenvalue weighted by atomic mass is 9.97. The van der Waals surface area contributed by atoms with E-state index in [1.165, 1.54) is 7.11 Å². The maximum absolute atomic E-state index is 13.2. The number of methoxy groups -OCH3 is 1. The van der Waals surface area contributed by atoms with Crippen molar-refractivity contribution in [1.82, 2.24) is 19.8 Å². The molecule has 1 fully saturated rings. The van der Waals surface area contributed by atoms with Crippen LogP contribution in [-0.4, -0.2) is 71.7 Å². The van der Waals surface area contributed by atoms with E-state index >= 15 is 0 Å². The second-order valence-corrected chi connectivity index (χ2v) is 8.97. The number of aromatic nitrogens is 2. The lowest BCUT2D eigenvalue weighted by Gasteiger charge is -2.35. The van der Waals surface area contributed by atoms with Crippen LogP contribution >= 0.6 is 0 Å². The van der Waals surface area contributed by atoms with Gasteiger partial charge in [0.15, 0.2) is 0 Å². The highest BCUT2D eigenvalue weighted by Crippen LogP contribution is 2.32. The van der Waals surface area contributed by atoms with Gasteiger partial charge in [0.25, 0.3) is 0 Å². The van der Waals surface area contributed by atoms with Crippen molar-refractivity contribution in [3.05, 3.63) is 42.0 Å². The van der Waals surface area contributed by atoms with E-state index in [0.717, 1.165) is 28.0 Å². The first-order valence-electron chi connectivity index (χ1n) is 11.8. The Morgan fingerprint density at radius 1 is 1.11 bits per heavy atom. The van der Waals surface area contributed by atoms with E-state index in [1.54, 1.807) is 9.80 Å². The first kappa shape index (κ1) is 23.8. The molecule has 36 heavy (non-hydrogen) atoms. The third-order valence-corrected chi connectivity index (χ3v) is 6.70. The molecule has 3 amide bonds. The van der Waals surface area contributed by atoms with Crippen LogP contribution in [0.1, 0.15) is 18.4 Å². The quantitative estimate of drug-likeness (QED) is 0.544. The number of likely N-dealkylation sites (tertiary alicyclic amines) is 1. The molecule has 1 aromatic heterocycles. The van der Waals surface area contributed by atoms with Gasteiger partial charge in [0.1, 0.15) is 12.4 Å². The number of hydrogen-bond acceptors (Lipinski definition) is 5. The molecule has 9 nitrogen and oxygen atoms in total.